The number of carbonyl (C=O) groups excluding carboxylic acids is 1. The number of esters is 1. The van der Waals surface area contributed by atoms with Crippen molar-refractivity contribution in [3.05, 3.63) is 81.9 Å². The molecule has 1 unspecified atom stereocenters. The smallest absolute Gasteiger partial charge is 0.338 e. The Bertz CT molecular complexity index is 866. The van der Waals surface area contributed by atoms with E-state index in [0.29, 0.717) is 11.3 Å². The van der Waals surface area contributed by atoms with Gasteiger partial charge in [0.25, 0.3) is 5.69 Å². The van der Waals surface area contributed by atoms with Crippen molar-refractivity contribution in [3.63, 3.8) is 0 Å². The third-order valence-corrected chi connectivity index (χ3v) is 4.34. The molecule has 0 saturated heterocycles. The van der Waals surface area contributed by atoms with Crippen LogP contribution < -0.4 is 4.74 Å². The number of carbonyl (C=O) groups is 1. The summed E-state index contributed by atoms with van der Waals surface area (Å²) in [6.07, 6.45) is 4.83. The number of hydrogen-bond acceptors (Lipinski definition) is 6. The van der Waals surface area contributed by atoms with Crippen LogP contribution in [0.25, 0.3) is 0 Å². The summed E-state index contributed by atoms with van der Waals surface area (Å²) < 4.78 is 11.2. The van der Waals surface area contributed by atoms with Gasteiger partial charge in [0.1, 0.15) is 11.9 Å². The molecular weight excluding hydrogens is 384 g/mol. The largest absolute Gasteiger partial charge is 0.484 e. The van der Waals surface area contributed by atoms with E-state index in [1.54, 1.807) is 31.3 Å². The topological polar surface area (TPSA) is 81.9 Å². The minimum Gasteiger partial charge on any atom is -0.484 e. The van der Waals surface area contributed by atoms with Gasteiger partial charge >= 0.3 is 5.97 Å². The number of nitro groups is 1. The molecule has 0 saturated carbocycles. The van der Waals surface area contributed by atoms with E-state index in [4.69, 9.17) is 9.47 Å². The number of nitro benzene ring substituents is 1. The highest BCUT2D eigenvalue weighted by Gasteiger charge is 2.29. The summed E-state index contributed by atoms with van der Waals surface area (Å²) >= 11 is 0. The van der Waals surface area contributed by atoms with Crippen molar-refractivity contribution in [3.8, 4) is 5.75 Å². The summed E-state index contributed by atoms with van der Waals surface area (Å²) in [4.78, 5) is 24.6. The summed E-state index contributed by atoms with van der Waals surface area (Å²) in [6, 6.07) is 5.86. The zero-order valence-corrected chi connectivity index (χ0v) is 18.5. The quantitative estimate of drug-likeness (QED) is 0.332. The van der Waals surface area contributed by atoms with E-state index in [1.807, 2.05) is 45.6 Å². The van der Waals surface area contributed by atoms with Crippen molar-refractivity contribution in [1.29, 1.82) is 0 Å². The highest BCUT2D eigenvalue weighted by atomic mass is 16.6. The van der Waals surface area contributed by atoms with Crippen LogP contribution in [0.15, 0.2) is 71.7 Å². The van der Waals surface area contributed by atoms with Gasteiger partial charge < -0.3 is 14.4 Å². The molecule has 1 atom stereocenters. The Balaban J connectivity index is 0.00000218. The van der Waals surface area contributed by atoms with Crippen LogP contribution in [0, 0.1) is 10.1 Å². The molecule has 0 fully saturated rings. The minimum atomic E-state index is -0.463. The number of nitrogens with zero attached hydrogens (tertiary/aromatic N) is 2. The second kappa shape index (κ2) is 11.6. The minimum absolute atomic E-state index is 0.00971. The maximum absolute atomic E-state index is 12.4. The molecule has 1 heterocycles. The van der Waals surface area contributed by atoms with Crippen LogP contribution in [-0.4, -0.2) is 28.5 Å². The number of non-ortho nitro benzene ring substituents is 1. The van der Waals surface area contributed by atoms with Gasteiger partial charge in [0.05, 0.1) is 22.8 Å². The average Bonchev–Trinajstić information content (AvgIpc) is 2.75. The summed E-state index contributed by atoms with van der Waals surface area (Å²) in [5, 5.41) is 10.8. The molecular formula is C23H30N2O5. The fraction of sp³-hybridized carbons (Fsp3) is 0.348. The first kappa shape index (κ1) is 24.7. The van der Waals surface area contributed by atoms with Gasteiger partial charge in [0.15, 0.2) is 0 Å². The van der Waals surface area contributed by atoms with E-state index in [9.17, 15) is 14.9 Å². The number of rotatable bonds is 7. The van der Waals surface area contributed by atoms with Crippen molar-refractivity contribution in [2.75, 3.05) is 6.61 Å². The standard InChI is InChI=1S/C21H24N2O5.C2H6/c1-6-16-13-19(21(24)27-8-3)14(4)20(22(16)7-2)15(5)28-18-11-9-17(10-12-18)23(25)26;1-2/h6-7,9-13,15H,2,8H2,1,3-5H3;1-2H3/b16-6-;. The molecule has 1 aromatic carbocycles. The van der Waals surface area contributed by atoms with Crippen LogP contribution in [-0.2, 0) is 9.53 Å². The maximum Gasteiger partial charge on any atom is 0.338 e. The average molecular weight is 415 g/mol. The fourth-order valence-electron chi connectivity index (χ4n) is 3.04. The van der Waals surface area contributed by atoms with E-state index >= 15 is 0 Å². The molecule has 0 amide bonds. The number of benzene rings is 1. The van der Waals surface area contributed by atoms with Gasteiger partial charge in [-0.15, -0.1) is 0 Å². The Labute approximate surface area is 178 Å². The lowest BCUT2D eigenvalue weighted by atomic mass is 9.96. The van der Waals surface area contributed by atoms with Gasteiger partial charge in [-0.3, -0.25) is 10.1 Å². The lowest BCUT2D eigenvalue weighted by molar-refractivity contribution is -0.384. The van der Waals surface area contributed by atoms with Crippen molar-refractivity contribution < 1.29 is 19.2 Å². The first-order chi connectivity index (χ1) is 14.3. The molecule has 30 heavy (non-hydrogen) atoms. The number of ether oxygens (including phenoxy) is 2. The third kappa shape index (κ3) is 5.59. The molecule has 1 aliphatic heterocycles. The molecule has 7 nitrogen and oxygen atoms in total. The molecule has 7 heteroatoms. The van der Waals surface area contributed by atoms with Crippen LogP contribution in [0.2, 0.25) is 0 Å². The van der Waals surface area contributed by atoms with Crippen LogP contribution >= 0.6 is 0 Å². The molecule has 0 radical (unpaired) electrons. The Morgan fingerprint density at radius 2 is 1.90 bits per heavy atom. The van der Waals surface area contributed by atoms with E-state index < -0.39 is 17.0 Å². The fourth-order valence-corrected chi connectivity index (χ4v) is 3.04. The molecule has 0 N–H and O–H groups in total. The molecule has 0 spiro atoms. The van der Waals surface area contributed by atoms with Crippen LogP contribution in [0.5, 0.6) is 5.75 Å². The van der Waals surface area contributed by atoms with Crippen LogP contribution in [0.4, 0.5) is 5.69 Å². The summed E-state index contributed by atoms with van der Waals surface area (Å²) in [7, 11) is 0. The highest BCUT2D eigenvalue weighted by molar-refractivity contribution is 5.94. The molecule has 1 aromatic rings. The van der Waals surface area contributed by atoms with Crippen LogP contribution in [0.3, 0.4) is 0 Å². The Morgan fingerprint density at radius 3 is 2.37 bits per heavy atom. The Kier molecular flexibility index (Phi) is 9.55. The zero-order chi connectivity index (χ0) is 22.8. The van der Waals surface area contributed by atoms with Gasteiger partial charge in [0, 0.05) is 24.0 Å². The van der Waals surface area contributed by atoms with Gasteiger partial charge in [-0.25, -0.2) is 4.79 Å². The van der Waals surface area contributed by atoms with Crippen molar-refractivity contribution in [1.82, 2.24) is 4.90 Å². The van der Waals surface area contributed by atoms with E-state index in [1.165, 1.54) is 12.1 Å². The summed E-state index contributed by atoms with van der Waals surface area (Å²) in [5.41, 5.74) is 2.69. The van der Waals surface area contributed by atoms with Crippen LogP contribution in [0.1, 0.15) is 41.5 Å². The number of allylic oxidation sites excluding steroid dienone is 2. The van der Waals surface area contributed by atoms with Crippen molar-refractivity contribution in [2.45, 2.75) is 47.6 Å². The van der Waals surface area contributed by atoms with Gasteiger partial charge in [-0.05, 0) is 51.5 Å². The zero-order valence-electron chi connectivity index (χ0n) is 18.5. The van der Waals surface area contributed by atoms with Gasteiger partial charge in [-0.2, -0.15) is 0 Å². The molecule has 2 rings (SSSR count). The first-order valence-corrected chi connectivity index (χ1v) is 9.93. The second-order valence-electron chi connectivity index (χ2n) is 6.07. The SMILES string of the molecule is C=CN1C(C(C)Oc2ccc([N+](=O)[O-])cc2)=C(C)C(C(=O)OCC)=C/C1=C/C.CC. The molecule has 0 bridgehead atoms. The van der Waals surface area contributed by atoms with E-state index in [2.05, 4.69) is 6.58 Å². The first-order valence-electron chi connectivity index (χ1n) is 9.93. The third-order valence-electron chi connectivity index (χ3n) is 4.34. The van der Waals surface area contributed by atoms with Crippen molar-refractivity contribution >= 4 is 11.7 Å². The summed E-state index contributed by atoms with van der Waals surface area (Å²) in [5.74, 6) is 0.0831. The predicted octanol–water partition coefficient (Wildman–Crippen LogP) is 5.51. The molecule has 0 aromatic heterocycles. The highest BCUT2D eigenvalue weighted by Crippen LogP contribution is 2.33. The monoisotopic (exact) mass is 414 g/mol. The Hall–Kier alpha value is -3.35. The lowest BCUT2D eigenvalue weighted by Crippen LogP contribution is -2.32. The van der Waals surface area contributed by atoms with E-state index in [-0.39, 0.29) is 12.3 Å². The Morgan fingerprint density at radius 1 is 1.30 bits per heavy atom. The second-order valence-corrected chi connectivity index (χ2v) is 6.07. The molecule has 0 aliphatic carbocycles. The van der Waals surface area contributed by atoms with Gasteiger partial charge in [-0.1, -0.05) is 26.5 Å². The van der Waals surface area contributed by atoms with Gasteiger partial charge in [0.2, 0.25) is 0 Å². The lowest BCUT2D eigenvalue weighted by Gasteiger charge is -2.34. The molecule has 1 aliphatic rings. The molecule has 162 valence electrons. The normalized spacial score (nSPS) is 15.6. The maximum atomic E-state index is 12.4. The van der Waals surface area contributed by atoms with Crippen molar-refractivity contribution in [2.24, 2.45) is 0 Å². The van der Waals surface area contributed by atoms with E-state index in [0.717, 1.165) is 17.0 Å². The predicted molar refractivity (Wildman–Crippen MR) is 118 cm³/mol. The summed E-state index contributed by atoms with van der Waals surface area (Å²) in [6.45, 7) is 15.5. The number of hydrogen-bond donors (Lipinski definition) is 0.